The lowest BCUT2D eigenvalue weighted by Gasteiger charge is -2.27. The van der Waals surface area contributed by atoms with Gasteiger partial charge in [0.25, 0.3) is 0 Å². The van der Waals surface area contributed by atoms with E-state index in [1.54, 1.807) is 0 Å². The van der Waals surface area contributed by atoms with Gasteiger partial charge in [0.05, 0.1) is 13.2 Å². The zero-order chi connectivity index (χ0) is 15.1. The summed E-state index contributed by atoms with van der Waals surface area (Å²) in [7, 11) is 0. The van der Waals surface area contributed by atoms with Crippen molar-refractivity contribution < 1.29 is 9.53 Å². The highest BCUT2D eigenvalue weighted by Gasteiger charge is 2.14. The fourth-order valence-corrected chi connectivity index (χ4v) is 2.26. The number of hydrogen-bond acceptors (Lipinski definition) is 3. The molecule has 0 radical (unpaired) electrons. The number of benzene rings is 1. The molecule has 2 amide bonds. The SMILES string of the molecule is CC[C@H](C)NC(=O)Nc1ccccc1CN1CCOCC1. The summed E-state index contributed by atoms with van der Waals surface area (Å²) in [5, 5.41) is 5.88. The van der Waals surface area contributed by atoms with Gasteiger partial charge in [0.2, 0.25) is 0 Å². The van der Waals surface area contributed by atoms with E-state index in [4.69, 9.17) is 4.74 Å². The van der Waals surface area contributed by atoms with Gasteiger partial charge < -0.3 is 15.4 Å². The van der Waals surface area contributed by atoms with Gasteiger partial charge in [0.15, 0.2) is 0 Å². The van der Waals surface area contributed by atoms with Crippen LogP contribution in [-0.2, 0) is 11.3 Å². The zero-order valence-corrected chi connectivity index (χ0v) is 12.9. The molecule has 1 saturated heterocycles. The van der Waals surface area contributed by atoms with Crippen molar-refractivity contribution in [2.75, 3.05) is 31.6 Å². The zero-order valence-electron chi connectivity index (χ0n) is 12.9. The van der Waals surface area contributed by atoms with Crippen LogP contribution in [-0.4, -0.2) is 43.3 Å². The largest absolute Gasteiger partial charge is 0.379 e. The maximum Gasteiger partial charge on any atom is 0.319 e. The van der Waals surface area contributed by atoms with Crippen molar-refractivity contribution in [2.24, 2.45) is 0 Å². The molecular formula is C16H25N3O2. The molecule has 1 atom stereocenters. The monoisotopic (exact) mass is 291 g/mol. The van der Waals surface area contributed by atoms with Crippen LogP contribution in [0.3, 0.4) is 0 Å². The lowest BCUT2D eigenvalue weighted by molar-refractivity contribution is 0.0343. The van der Waals surface area contributed by atoms with E-state index < -0.39 is 0 Å². The topological polar surface area (TPSA) is 53.6 Å². The van der Waals surface area contributed by atoms with Crippen LogP contribution in [0.25, 0.3) is 0 Å². The Kier molecular flexibility index (Phi) is 6.02. The van der Waals surface area contributed by atoms with Gasteiger partial charge >= 0.3 is 6.03 Å². The number of rotatable bonds is 5. The molecule has 5 heteroatoms. The van der Waals surface area contributed by atoms with E-state index in [2.05, 4.69) is 28.5 Å². The van der Waals surface area contributed by atoms with Crippen molar-refractivity contribution in [1.29, 1.82) is 0 Å². The number of hydrogen-bond donors (Lipinski definition) is 2. The number of ether oxygens (including phenoxy) is 1. The van der Waals surface area contributed by atoms with Gasteiger partial charge in [-0.2, -0.15) is 0 Å². The molecule has 1 heterocycles. The third kappa shape index (κ3) is 5.02. The Morgan fingerprint density at radius 3 is 2.76 bits per heavy atom. The number of amides is 2. The molecule has 1 aliphatic rings. The quantitative estimate of drug-likeness (QED) is 0.876. The van der Waals surface area contributed by atoms with Crippen molar-refractivity contribution in [3.63, 3.8) is 0 Å². The van der Waals surface area contributed by atoms with Crippen LogP contribution < -0.4 is 10.6 Å². The molecule has 0 aromatic heterocycles. The molecule has 1 fully saturated rings. The first-order valence-electron chi connectivity index (χ1n) is 7.64. The lowest BCUT2D eigenvalue weighted by Crippen LogP contribution is -2.37. The van der Waals surface area contributed by atoms with Gasteiger partial charge in [0, 0.05) is 31.4 Å². The highest BCUT2D eigenvalue weighted by Crippen LogP contribution is 2.17. The van der Waals surface area contributed by atoms with Crippen molar-refractivity contribution >= 4 is 11.7 Å². The van der Waals surface area contributed by atoms with Crippen LogP contribution in [0.15, 0.2) is 24.3 Å². The van der Waals surface area contributed by atoms with Crippen LogP contribution in [0.2, 0.25) is 0 Å². The molecule has 1 aliphatic heterocycles. The molecule has 21 heavy (non-hydrogen) atoms. The fraction of sp³-hybridized carbons (Fsp3) is 0.562. The van der Waals surface area contributed by atoms with Crippen molar-refractivity contribution in [3.05, 3.63) is 29.8 Å². The average molecular weight is 291 g/mol. The lowest BCUT2D eigenvalue weighted by atomic mass is 10.1. The van der Waals surface area contributed by atoms with Gasteiger partial charge in [-0.15, -0.1) is 0 Å². The molecule has 2 N–H and O–H groups in total. The predicted octanol–water partition coefficient (Wildman–Crippen LogP) is 2.44. The molecule has 0 unspecified atom stereocenters. The molecule has 2 rings (SSSR count). The summed E-state index contributed by atoms with van der Waals surface area (Å²) in [6, 6.07) is 8.00. The van der Waals surface area contributed by atoms with E-state index >= 15 is 0 Å². The minimum atomic E-state index is -0.140. The van der Waals surface area contributed by atoms with Crippen molar-refractivity contribution in [1.82, 2.24) is 10.2 Å². The summed E-state index contributed by atoms with van der Waals surface area (Å²) in [6.07, 6.45) is 0.919. The Hall–Kier alpha value is -1.59. The van der Waals surface area contributed by atoms with Gasteiger partial charge in [-0.25, -0.2) is 4.79 Å². The Morgan fingerprint density at radius 1 is 1.33 bits per heavy atom. The third-order valence-electron chi connectivity index (χ3n) is 3.75. The Labute approximate surface area is 126 Å². The van der Waals surface area contributed by atoms with E-state index in [0.29, 0.717) is 0 Å². The summed E-state index contributed by atoms with van der Waals surface area (Å²) in [5.41, 5.74) is 2.02. The van der Waals surface area contributed by atoms with Crippen molar-refractivity contribution in [3.8, 4) is 0 Å². The van der Waals surface area contributed by atoms with Crippen molar-refractivity contribution in [2.45, 2.75) is 32.9 Å². The van der Waals surface area contributed by atoms with E-state index in [-0.39, 0.29) is 12.1 Å². The molecule has 0 bridgehead atoms. The summed E-state index contributed by atoms with van der Waals surface area (Å²) >= 11 is 0. The minimum Gasteiger partial charge on any atom is -0.379 e. The second-order valence-corrected chi connectivity index (χ2v) is 5.45. The first-order chi connectivity index (χ1) is 10.2. The number of nitrogens with zero attached hydrogens (tertiary/aromatic N) is 1. The highest BCUT2D eigenvalue weighted by molar-refractivity contribution is 5.90. The molecular weight excluding hydrogens is 266 g/mol. The standard InChI is InChI=1S/C16H25N3O2/c1-3-13(2)17-16(20)18-15-7-5-4-6-14(15)12-19-8-10-21-11-9-19/h4-7,13H,3,8-12H2,1-2H3,(H2,17,18,20)/t13-/m0/s1. The summed E-state index contributed by atoms with van der Waals surface area (Å²) < 4.78 is 5.37. The van der Waals surface area contributed by atoms with E-state index in [1.165, 1.54) is 0 Å². The van der Waals surface area contributed by atoms with Gasteiger partial charge in [0.1, 0.15) is 0 Å². The Balaban J connectivity index is 1.97. The second-order valence-electron chi connectivity index (χ2n) is 5.45. The molecule has 116 valence electrons. The first-order valence-corrected chi connectivity index (χ1v) is 7.64. The molecule has 1 aromatic carbocycles. The van der Waals surface area contributed by atoms with Gasteiger partial charge in [-0.1, -0.05) is 25.1 Å². The second kappa shape index (κ2) is 8.00. The summed E-state index contributed by atoms with van der Waals surface area (Å²) in [5.74, 6) is 0. The summed E-state index contributed by atoms with van der Waals surface area (Å²) in [4.78, 5) is 14.3. The Bertz CT molecular complexity index is 459. The van der Waals surface area contributed by atoms with Gasteiger partial charge in [-0.3, -0.25) is 4.90 Å². The van der Waals surface area contributed by atoms with Crippen LogP contribution in [0.5, 0.6) is 0 Å². The van der Waals surface area contributed by atoms with Gasteiger partial charge in [-0.05, 0) is 25.0 Å². The van der Waals surface area contributed by atoms with Crippen LogP contribution >= 0.6 is 0 Å². The number of nitrogens with one attached hydrogen (secondary N) is 2. The molecule has 0 saturated carbocycles. The third-order valence-corrected chi connectivity index (χ3v) is 3.75. The highest BCUT2D eigenvalue weighted by atomic mass is 16.5. The average Bonchev–Trinajstić information content (AvgIpc) is 2.50. The van der Waals surface area contributed by atoms with E-state index in [9.17, 15) is 4.79 Å². The van der Waals surface area contributed by atoms with E-state index in [1.807, 2.05) is 25.1 Å². The normalized spacial score (nSPS) is 17.2. The maximum atomic E-state index is 12.0. The molecule has 0 spiro atoms. The number of morpholine rings is 1. The smallest absolute Gasteiger partial charge is 0.319 e. The number of para-hydroxylation sites is 1. The minimum absolute atomic E-state index is 0.140. The van der Waals surface area contributed by atoms with Crippen LogP contribution in [0.1, 0.15) is 25.8 Å². The fourth-order valence-electron chi connectivity index (χ4n) is 2.26. The van der Waals surface area contributed by atoms with Crippen LogP contribution in [0.4, 0.5) is 10.5 Å². The van der Waals surface area contributed by atoms with E-state index in [0.717, 1.165) is 50.5 Å². The number of anilines is 1. The van der Waals surface area contributed by atoms with Crippen LogP contribution in [0, 0.1) is 0 Å². The number of carbonyl (C=O) groups is 1. The number of carbonyl (C=O) groups excluding carboxylic acids is 1. The molecule has 1 aromatic rings. The molecule has 0 aliphatic carbocycles. The maximum absolute atomic E-state index is 12.0. The number of urea groups is 1. The summed E-state index contributed by atoms with van der Waals surface area (Å²) in [6.45, 7) is 8.33. The Morgan fingerprint density at radius 2 is 2.05 bits per heavy atom. The molecule has 5 nitrogen and oxygen atoms in total. The predicted molar refractivity (Wildman–Crippen MR) is 84.4 cm³/mol. The first kappa shape index (κ1) is 15.8.